The molecule has 0 N–H and O–H groups in total. The van der Waals surface area contributed by atoms with Crippen LogP contribution < -0.4 is 0 Å². The van der Waals surface area contributed by atoms with Gasteiger partial charge in [0.25, 0.3) is 0 Å². The standard InChI is InChI=1S/C12H20ClN/c13-8-4-10-14-9-3-7-12(14)11-5-1-2-6-11/h4,8,11-12H,1-3,5-7,9-10H2. The Hall–Kier alpha value is -0.0100. The fourth-order valence-electron chi connectivity index (χ4n) is 3.13. The van der Waals surface area contributed by atoms with Gasteiger partial charge < -0.3 is 0 Å². The van der Waals surface area contributed by atoms with Crippen molar-refractivity contribution in [3.8, 4) is 0 Å². The summed E-state index contributed by atoms with van der Waals surface area (Å²) in [7, 11) is 0. The molecule has 1 nitrogen and oxygen atoms in total. The van der Waals surface area contributed by atoms with Gasteiger partial charge in [0.2, 0.25) is 0 Å². The normalized spacial score (nSPS) is 30.8. The van der Waals surface area contributed by atoms with Gasteiger partial charge in [0, 0.05) is 18.1 Å². The predicted octanol–water partition coefficient (Wildman–Crippen LogP) is 3.39. The van der Waals surface area contributed by atoms with Gasteiger partial charge in [-0.25, -0.2) is 0 Å². The molecule has 2 fully saturated rings. The monoisotopic (exact) mass is 213 g/mol. The minimum Gasteiger partial charge on any atom is -0.296 e. The second-order valence-corrected chi connectivity index (χ2v) is 4.86. The van der Waals surface area contributed by atoms with Crippen LogP contribution in [0.25, 0.3) is 0 Å². The van der Waals surface area contributed by atoms with E-state index in [0.29, 0.717) is 0 Å². The first kappa shape index (κ1) is 10.5. The molecule has 1 saturated heterocycles. The SMILES string of the molecule is ClC=CCN1CCCC1C1CCCC1. The molecule has 0 bridgehead atoms. The van der Waals surface area contributed by atoms with E-state index >= 15 is 0 Å². The van der Waals surface area contributed by atoms with Crippen LogP contribution in [-0.4, -0.2) is 24.0 Å². The molecule has 1 aliphatic heterocycles. The van der Waals surface area contributed by atoms with E-state index in [4.69, 9.17) is 11.6 Å². The Balaban J connectivity index is 1.88. The predicted molar refractivity (Wildman–Crippen MR) is 61.5 cm³/mol. The van der Waals surface area contributed by atoms with Crippen molar-refractivity contribution in [1.29, 1.82) is 0 Å². The molecule has 0 aromatic carbocycles. The number of rotatable bonds is 3. The maximum absolute atomic E-state index is 5.58. The molecule has 0 amide bonds. The second kappa shape index (κ2) is 5.18. The molecule has 1 atom stereocenters. The molecular formula is C12H20ClN. The van der Waals surface area contributed by atoms with E-state index in [1.165, 1.54) is 45.1 Å². The van der Waals surface area contributed by atoms with E-state index in [-0.39, 0.29) is 0 Å². The van der Waals surface area contributed by atoms with Gasteiger partial charge >= 0.3 is 0 Å². The fraction of sp³-hybridized carbons (Fsp3) is 0.833. The Kier molecular flexibility index (Phi) is 3.89. The van der Waals surface area contributed by atoms with Crippen molar-refractivity contribution in [3.05, 3.63) is 11.6 Å². The summed E-state index contributed by atoms with van der Waals surface area (Å²) in [6, 6.07) is 0.866. The van der Waals surface area contributed by atoms with Gasteiger partial charge in [0.1, 0.15) is 0 Å². The molecule has 1 heterocycles. The van der Waals surface area contributed by atoms with E-state index in [9.17, 15) is 0 Å². The van der Waals surface area contributed by atoms with Crippen LogP contribution in [0.4, 0.5) is 0 Å². The lowest BCUT2D eigenvalue weighted by Crippen LogP contribution is -2.34. The first-order chi connectivity index (χ1) is 6.92. The Morgan fingerprint density at radius 1 is 1.14 bits per heavy atom. The molecule has 1 saturated carbocycles. The fourth-order valence-corrected chi connectivity index (χ4v) is 3.21. The zero-order valence-corrected chi connectivity index (χ0v) is 9.55. The lowest BCUT2D eigenvalue weighted by atomic mass is 9.96. The van der Waals surface area contributed by atoms with Crippen LogP contribution in [0.5, 0.6) is 0 Å². The average Bonchev–Trinajstić information content (AvgIpc) is 2.84. The lowest BCUT2D eigenvalue weighted by molar-refractivity contribution is 0.209. The minimum atomic E-state index is 0.866. The molecule has 2 rings (SSSR count). The molecular weight excluding hydrogens is 194 g/mol. The van der Waals surface area contributed by atoms with Crippen molar-refractivity contribution in [3.63, 3.8) is 0 Å². The van der Waals surface area contributed by atoms with Crippen LogP contribution in [-0.2, 0) is 0 Å². The number of hydrogen-bond donors (Lipinski definition) is 0. The van der Waals surface area contributed by atoms with E-state index in [1.807, 2.05) is 0 Å². The van der Waals surface area contributed by atoms with E-state index < -0.39 is 0 Å². The van der Waals surface area contributed by atoms with E-state index in [0.717, 1.165) is 18.5 Å². The minimum absolute atomic E-state index is 0.866. The van der Waals surface area contributed by atoms with Crippen LogP contribution in [0.2, 0.25) is 0 Å². The van der Waals surface area contributed by atoms with Crippen LogP contribution in [0.1, 0.15) is 38.5 Å². The number of halogens is 1. The Bertz CT molecular complexity index is 196. The van der Waals surface area contributed by atoms with Gasteiger partial charge in [-0.15, -0.1) is 0 Å². The summed E-state index contributed by atoms with van der Waals surface area (Å²) in [5.74, 6) is 0.987. The summed E-state index contributed by atoms with van der Waals surface area (Å²) >= 11 is 5.58. The summed E-state index contributed by atoms with van der Waals surface area (Å²) < 4.78 is 0. The van der Waals surface area contributed by atoms with Gasteiger partial charge in [-0.3, -0.25) is 4.90 Å². The first-order valence-corrected chi connectivity index (χ1v) is 6.34. The maximum Gasteiger partial charge on any atom is 0.0177 e. The van der Waals surface area contributed by atoms with Crippen LogP contribution in [0, 0.1) is 5.92 Å². The van der Waals surface area contributed by atoms with Crippen molar-refractivity contribution in [2.24, 2.45) is 5.92 Å². The van der Waals surface area contributed by atoms with Crippen LogP contribution >= 0.6 is 11.6 Å². The third-order valence-electron chi connectivity index (χ3n) is 3.79. The smallest absolute Gasteiger partial charge is 0.0177 e. The highest BCUT2D eigenvalue weighted by Crippen LogP contribution is 2.35. The van der Waals surface area contributed by atoms with E-state index in [1.54, 1.807) is 5.54 Å². The van der Waals surface area contributed by atoms with Gasteiger partial charge in [-0.05, 0) is 38.1 Å². The van der Waals surface area contributed by atoms with Crippen molar-refractivity contribution in [2.45, 2.75) is 44.6 Å². The highest BCUT2D eigenvalue weighted by atomic mass is 35.5. The zero-order chi connectivity index (χ0) is 9.80. The number of hydrogen-bond acceptors (Lipinski definition) is 1. The molecule has 0 aromatic rings. The topological polar surface area (TPSA) is 3.24 Å². The quantitative estimate of drug-likeness (QED) is 0.695. The van der Waals surface area contributed by atoms with Gasteiger partial charge in [0.05, 0.1) is 0 Å². The van der Waals surface area contributed by atoms with Gasteiger partial charge in [0.15, 0.2) is 0 Å². The van der Waals surface area contributed by atoms with Gasteiger partial charge in [-0.1, -0.05) is 30.5 Å². The van der Waals surface area contributed by atoms with Crippen molar-refractivity contribution in [2.75, 3.05) is 13.1 Å². The highest BCUT2D eigenvalue weighted by Gasteiger charge is 2.32. The van der Waals surface area contributed by atoms with Crippen molar-refractivity contribution in [1.82, 2.24) is 4.90 Å². The number of likely N-dealkylation sites (tertiary alicyclic amines) is 1. The summed E-state index contributed by atoms with van der Waals surface area (Å²) in [6.07, 6.45) is 10.7. The Morgan fingerprint density at radius 3 is 2.64 bits per heavy atom. The zero-order valence-electron chi connectivity index (χ0n) is 8.79. The Labute approximate surface area is 92.1 Å². The summed E-state index contributed by atoms with van der Waals surface area (Å²) in [6.45, 7) is 2.34. The molecule has 2 aliphatic rings. The van der Waals surface area contributed by atoms with Crippen molar-refractivity contribution >= 4 is 11.6 Å². The summed E-state index contributed by atoms with van der Waals surface area (Å²) in [5.41, 5.74) is 1.66. The third-order valence-corrected chi connectivity index (χ3v) is 3.97. The average molecular weight is 214 g/mol. The molecule has 80 valence electrons. The first-order valence-electron chi connectivity index (χ1n) is 5.91. The highest BCUT2D eigenvalue weighted by molar-refractivity contribution is 6.25. The molecule has 14 heavy (non-hydrogen) atoms. The number of nitrogens with zero attached hydrogens (tertiary/aromatic N) is 1. The second-order valence-electron chi connectivity index (χ2n) is 4.61. The van der Waals surface area contributed by atoms with Crippen LogP contribution in [0.15, 0.2) is 11.6 Å². The van der Waals surface area contributed by atoms with Crippen molar-refractivity contribution < 1.29 is 0 Å². The molecule has 2 heteroatoms. The molecule has 0 aromatic heterocycles. The molecule has 0 radical (unpaired) electrons. The van der Waals surface area contributed by atoms with Crippen LogP contribution in [0.3, 0.4) is 0 Å². The maximum atomic E-state index is 5.58. The third kappa shape index (κ3) is 2.32. The Morgan fingerprint density at radius 2 is 1.93 bits per heavy atom. The summed E-state index contributed by atoms with van der Waals surface area (Å²) in [4.78, 5) is 2.62. The molecule has 0 spiro atoms. The van der Waals surface area contributed by atoms with E-state index in [2.05, 4.69) is 11.0 Å². The molecule has 1 aliphatic carbocycles. The molecule has 1 unspecified atom stereocenters. The summed E-state index contributed by atoms with van der Waals surface area (Å²) in [5, 5.41) is 0. The largest absolute Gasteiger partial charge is 0.296 e. The lowest BCUT2D eigenvalue weighted by Gasteiger charge is -2.28. The van der Waals surface area contributed by atoms with Gasteiger partial charge in [-0.2, -0.15) is 0 Å².